The molecule has 7 heteroatoms. The zero-order valence-corrected chi connectivity index (χ0v) is 9.25. The number of primary amides is 1. The molecule has 0 unspecified atom stereocenters. The average molecular weight is 241 g/mol. The van der Waals surface area contributed by atoms with E-state index >= 15 is 0 Å². The van der Waals surface area contributed by atoms with Crippen molar-refractivity contribution in [3.8, 4) is 0 Å². The third kappa shape index (κ3) is 3.70. The molecule has 0 aliphatic rings. The lowest BCUT2D eigenvalue weighted by Gasteiger charge is -1.98. The van der Waals surface area contributed by atoms with Crippen molar-refractivity contribution in [1.82, 2.24) is 4.98 Å². The number of amides is 1. The first-order valence-corrected chi connectivity index (χ1v) is 5.27. The summed E-state index contributed by atoms with van der Waals surface area (Å²) in [5.41, 5.74) is 4.98. The number of ether oxygens (including phenoxy) is 1. The summed E-state index contributed by atoms with van der Waals surface area (Å²) in [4.78, 5) is 25.6. The van der Waals surface area contributed by atoms with E-state index in [1.807, 2.05) is 0 Å². The Labute approximate surface area is 96.1 Å². The lowest BCUT2D eigenvalue weighted by molar-refractivity contribution is -0.121. The van der Waals surface area contributed by atoms with Crippen molar-refractivity contribution in [2.45, 2.75) is 0 Å². The van der Waals surface area contributed by atoms with Gasteiger partial charge in [0.25, 0.3) is 5.91 Å². The van der Waals surface area contributed by atoms with Gasteiger partial charge in [0.1, 0.15) is 0 Å². The summed E-state index contributed by atoms with van der Waals surface area (Å²) in [6.45, 7) is 3.66. The molecule has 1 rings (SSSR count). The van der Waals surface area contributed by atoms with E-state index in [1.54, 1.807) is 6.08 Å². The number of hydrogen-bond donors (Lipinski definition) is 2. The zero-order chi connectivity index (χ0) is 12.0. The highest BCUT2D eigenvalue weighted by Gasteiger charge is 2.12. The zero-order valence-electron chi connectivity index (χ0n) is 8.43. The maximum Gasteiger partial charge on any atom is 0.358 e. The fraction of sp³-hybridized carbons (Fsp3) is 0.222. The highest BCUT2D eigenvalue weighted by atomic mass is 32.1. The van der Waals surface area contributed by atoms with Crippen LogP contribution < -0.4 is 11.1 Å². The van der Waals surface area contributed by atoms with E-state index in [9.17, 15) is 9.59 Å². The van der Waals surface area contributed by atoms with Crippen molar-refractivity contribution >= 4 is 28.3 Å². The van der Waals surface area contributed by atoms with Crippen LogP contribution in [0.3, 0.4) is 0 Å². The molecule has 0 fully saturated rings. The third-order valence-electron chi connectivity index (χ3n) is 1.46. The number of nitrogens with two attached hydrogens (primary N) is 1. The number of thiazole rings is 1. The van der Waals surface area contributed by atoms with Gasteiger partial charge in [-0.3, -0.25) is 4.79 Å². The van der Waals surface area contributed by atoms with E-state index in [0.717, 1.165) is 0 Å². The Bertz CT molecular complexity index is 402. The maximum atomic E-state index is 11.3. The fourth-order valence-electron chi connectivity index (χ4n) is 0.819. The largest absolute Gasteiger partial charge is 0.451 e. The summed E-state index contributed by atoms with van der Waals surface area (Å²) in [6, 6.07) is 0. The first-order valence-electron chi connectivity index (χ1n) is 4.39. The minimum atomic E-state index is -0.700. The molecule has 16 heavy (non-hydrogen) atoms. The molecule has 1 heterocycles. The Morgan fingerprint density at radius 2 is 2.44 bits per heavy atom. The predicted octanol–water partition coefficient (Wildman–Crippen LogP) is 0.383. The van der Waals surface area contributed by atoms with Crippen LogP contribution in [-0.2, 0) is 9.53 Å². The van der Waals surface area contributed by atoms with Crippen LogP contribution in [-0.4, -0.2) is 30.0 Å². The second-order valence-corrected chi connectivity index (χ2v) is 3.61. The van der Waals surface area contributed by atoms with Crippen molar-refractivity contribution in [3.63, 3.8) is 0 Å². The summed E-state index contributed by atoms with van der Waals surface area (Å²) in [7, 11) is 0. The molecular weight excluding hydrogens is 230 g/mol. The Morgan fingerprint density at radius 1 is 1.69 bits per heavy atom. The highest BCUT2D eigenvalue weighted by molar-refractivity contribution is 7.13. The van der Waals surface area contributed by atoms with Gasteiger partial charge in [-0.25, -0.2) is 9.78 Å². The molecule has 0 bridgehead atoms. The van der Waals surface area contributed by atoms with Crippen molar-refractivity contribution in [1.29, 1.82) is 0 Å². The molecule has 0 saturated heterocycles. The predicted molar refractivity (Wildman–Crippen MR) is 60.3 cm³/mol. The molecule has 0 aliphatic heterocycles. The molecule has 0 saturated carbocycles. The lowest BCUT2D eigenvalue weighted by Crippen LogP contribution is -2.21. The monoisotopic (exact) mass is 241 g/mol. The van der Waals surface area contributed by atoms with Gasteiger partial charge in [0.15, 0.2) is 17.4 Å². The number of anilines is 1. The average Bonchev–Trinajstić information content (AvgIpc) is 2.71. The summed E-state index contributed by atoms with van der Waals surface area (Å²) in [5, 5.41) is 5.05. The van der Waals surface area contributed by atoms with Crippen LogP contribution in [0.5, 0.6) is 0 Å². The molecule has 1 aromatic rings. The van der Waals surface area contributed by atoms with Crippen LogP contribution in [0.4, 0.5) is 5.13 Å². The molecule has 0 aromatic carbocycles. The van der Waals surface area contributed by atoms with Crippen LogP contribution in [0, 0.1) is 0 Å². The standard InChI is InChI=1S/C9H11N3O3S/c1-2-3-11-9-12-6(5-16-9)8(14)15-4-7(10)13/h2,5H,1,3-4H2,(H2,10,13)(H,11,12). The van der Waals surface area contributed by atoms with Crippen LogP contribution in [0.25, 0.3) is 0 Å². The van der Waals surface area contributed by atoms with Gasteiger partial charge >= 0.3 is 5.97 Å². The normalized spacial score (nSPS) is 9.50. The molecule has 3 N–H and O–H groups in total. The minimum Gasteiger partial charge on any atom is -0.451 e. The SMILES string of the molecule is C=CCNc1nc(C(=O)OCC(N)=O)cs1. The van der Waals surface area contributed by atoms with Gasteiger partial charge in [0.05, 0.1) is 0 Å². The van der Waals surface area contributed by atoms with E-state index in [-0.39, 0.29) is 5.69 Å². The first kappa shape index (κ1) is 12.2. The van der Waals surface area contributed by atoms with Crippen molar-refractivity contribution in [3.05, 3.63) is 23.7 Å². The van der Waals surface area contributed by atoms with Crippen molar-refractivity contribution in [2.24, 2.45) is 5.73 Å². The quantitative estimate of drug-likeness (QED) is 0.554. The number of nitrogens with one attached hydrogen (secondary N) is 1. The van der Waals surface area contributed by atoms with Gasteiger partial charge < -0.3 is 15.8 Å². The van der Waals surface area contributed by atoms with E-state index in [4.69, 9.17) is 5.73 Å². The maximum absolute atomic E-state index is 11.3. The Kier molecular flexibility index (Phi) is 4.46. The second kappa shape index (κ2) is 5.86. The van der Waals surface area contributed by atoms with Gasteiger partial charge in [0, 0.05) is 11.9 Å². The van der Waals surface area contributed by atoms with Gasteiger partial charge in [-0.15, -0.1) is 17.9 Å². The number of rotatable bonds is 6. The number of aromatic nitrogens is 1. The molecule has 1 aromatic heterocycles. The van der Waals surface area contributed by atoms with Crippen molar-refractivity contribution in [2.75, 3.05) is 18.5 Å². The van der Waals surface area contributed by atoms with Gasteiger partial charge in [-0.2, -0.15) is 0 Å². The Hall–Kier alpha value is -1.89. The van der Waals surface area contributed by atoms with Gasteiger partial charge in [0.2, 0.25) is 0 Å². The van der Waals surface area contributed by atoms with Crippen molar-refractivity contribution < 1.29 is 14.3 Å². The van der Waals surface area contributed by atoms with E-state index in [0.29, 0.717) is 11.7 Å². The van der Waals surface area contributed by atoms with E-state index in [2.05, 4.69) is 21.6 Å². The molecule has 0 radical (unpaired) electrons. The number of esters is 1. The molecule has 1 amide bonds. The lowest BCUT2D eigenvalue weighted by atomic mass is 10.5. The minimum absolute atomic E-state index is 0.151. The molecule has 0 spiro atoms. The topological polar surface area (TPSA) is 94.3 Å². The third-order valence-corrected chi connectivity index (χ3v) is 2.26. The number of nitrogens with zero attached hydrogens (tertiary/aromatic N) is 1. The van der Waals surface area contributed by atoms with Crippen LogP contribution in [0.2, 0.25) is 0 Å². The van der Waals surface area contributed by atoms with Crippen LogP contribution in [0.1, 0.15) is 10.5 Å². The second-order valence-electron chi connectivity index (χ2n) is 2.75. The fourth-order valence-corrected chi connectivity index (χ4v) is 1.51. The smallest absolute Gasteiger partial charge is 0.358 e. The van der Waals surface area contributed by atoms with Crippen LogP contribution in [0.15, 0.2) is 18.0 Å². The molecule has 0 aliphatic carbocycles. The molecular formula is C9H11N3O3S. The number of carbonyl (C=O) groups is 2. The summed E-state index contributed by atoms with van der Waals surface area (Å²) in [5.74, 6) is -1.37. The number of hydrogen-bond acceptors (Lipinski definition) is 6. The first-order chi connectivity index (χ1) is 7.63. The summed E-state index contributed by atoms with van der Waals surface area (Å²) in [6.07, 6.45) is 1.67. The van der Waals surface area contributed by atoms with Gasteiger partial charge in [-0.05, 0) is 0 Å². The highest BCUT2D eigenvalue weighted by Crippen LogP contribution is 2.15. The summed E-state index contributed by atoms with van der Waals surface area (Å²) >= 11 is 1.27. The van der Waals surface area contributed by atoms with Crippen LogP contribution >= 0.6 is 11.3 Å². The van der Waals surface area contributed by atoms with E-state index < -0.39 is 18.5 Å². The Balaban J connectivity index is 2.52. The molecule has 6 nitrogen and oxygen atoms in total. The molecule has 86 valence electrons. The van der Waals surface area contributed by atoms with Gasteiger partial charge in [-0.1, -0.05) is 6.08 Å². The number of carbonyl (C=O) groups excluding carboxylic acids is 2. The Morgan fingerprint density at radius 3 is 3.06 bits per heavy atom. The van der Waals surface area contributed by atoms with E-state index in [1.165, 1.54) is 16.7 Å². The summed E-state index contributed by atoms with van der Waals surface area (Å²) < 4.78 is 4.59. The molecule has 0 atom stereocenters.